The van der Waals surface area contributed by atoms with E-state index in [1.807, 2.05) is 6.92 Å². The number of carbonyl (C=O) groups excluding carboxylic acids is 1. The van der Waals surface area contributed by atoms with Crippen molar-refractivity contribution in [1.82, 2.24) is 4.31 Å². The summed E-state index contributed by atoms with van der Waals surface area (Å²) in [6.07, 6.45) is 1.35. The highest BCUT2D eigenvalue weighted by atomic mass is 32.2. The van der Waals surface area contributed by atoms with Gasteiger partial charge in [0, 0.05) is 13.1 Å². The van der Waals surface area contributed by atoms with Gasteiger partial charge in [-0.1, -0.05) is 13.0 Å². The lowest BCUT2D eigenvalue weighted by Gasteiger charge is -2.14. The molecule has 1 aliphatic rings. The predicted octanol–water partition coefficient (Wildman–Crippen LogP) is 0.243. The average Bonchev–Trinajstić information content (AvgIpc) is 2.60. The first kappa shape index (κ1) is 13.2. The van der Waals surface area contributed by atoms with Crippen LogP contribution in [0.2, 0.25) is 0 Å². The minimum atomic E-state index is -3.31. The second-order valence-electron chi connectivity index (χ2n) is 3.99. The van der Waals surface area contributed by atoms with Crippen LogP contribution in [0.1, 0.15) is 6.92 Å². The summed E-state index contributed by atoms with van der Waals surface area (Å²) in [6.45, 7) is 5.84. The molecular weight excluding hydrogens is 230 g/mol. The highest BCUT2D eigenvalue weighted by Crippen LogP contribution is 2.26. The van der Waals surface area contributed by atoms with Gasteiger partial charge in [0.2, 0.25) is 10.0 Å². The molecule has 0 spiro atoms. The highest BCUT2D eigenvalue weighted by molar-refractivity contribution is 7.89. The summed E-state index contributed by atoms with van der Waals surface area (Å²) >= 11 is 0. The molecule has 0 amide bonds. The van der Waals surface area contributed by atoms with Crippen molar-refractivity contribution < 1.29 is 17.9 Å². The number of ether oxygens (including phenoxy) is 1. The Morgan fingerprint density at radius 1 is 1.56 bits per heavy atom. The molecule has 0 aromatic heterocycles. The molecule has 5 nitrogen and oxygen atoms in total. The minimum absolute atomic E-state index is 0.00737. The van der Waals surface area contributed by atoms with Crippen molar-refractivity contribution in [3.8, 4) is 0 Å². The van der Waals surface area contributed by atoms with Crippen molar-refractivity contribution in [2.75, 3.05) is 26.0 Å². The second-order valence-corrected chi connectivity index (χ2v) is 6.00. The van der Waals surface area contributed by atoms with Crippen LogP contribution >= 0.6 is 0 Å². The van der Waals surface area contributed by atoms with E-state index in [0.717, 1.165) is 0 Å². The summed E-state index contributed by atoms with van der Waals surface area (Å²) in [5, 5.41) is 0. The molecule has 0 bridgehead atoms. The van der Waals surface area contributed by atoms with Gasteiger partial charge in [-0.2, -0.15) is 0 Å². The molecule has 0 N–H and O–H groups in total. The molecule has 92 valence electrons. The lowest BCUT2D eigenvalue weighted by atomic mass is 9.99. The van der Waals surface area contributed by atoms with E-state index in [9.17, 15) is 13.2 Å². The molecule has 0 aliphatic carbocycles. The van der Waals surface area contributed by atoms with Crippen molar-refractivity contribution in [2.24, 2.45) is 11.8 Å². The summed E-state index contributed by atoms with van der Waals surface area (Å²) in [6, 6.07) is 0. The van der Waals surface area contributed by atoms with Crippen LogP contribution < -0.4 is 0 Å². The molecule has 6 heteroatoms. The summed E-state index contributed by atoms with van der Waals surface area (Å²) in [5.41, 5.74) is 0. The summed E-state index contributed by atoms with van der Waals surface area (Å²) in [7, 11) is -1.99. The van der Waals surface area contributed by atoms with Crippen molar-refractivity contribution in [1.29, 1.82) is 0 Å². The topological polar surface area (TPSA) is 63.7 Å². The second kappa shape index (κ2) is 4.97. The summed E-state index contributed by atoms with van der Waals surface area (Å²) in [4.78, 5) is 11.4. The normalized spacial score (nSPS) is 26.6. The van der Waals surface area contributed by atoms with E-state index < -0.39 is 10.0 Å². The monoisotopic (exact) mass is 247 g/mol. The molecule has 1 rings (SSSR count). The molecule has 1 fully saturated rings. The van der Waals surface area contributed by atoms with Crippen LogP contribution in [-0.2, 0) is 19.6 Å². The largest absolute Gasteiger partial charge is 0.469 e. The van der Waals surface area contributed by atoms with Gasteiger partial charge in [0.1, 0.15) is 0 Å². The predicted molar refractivity (Wildman–Crippen MR) is 60.2 cm³/mol. The number of carbonyl (C=O) groups is 1. The van der Waals surface area contributed by atoms with Crippen LogP contribution in [0.4, 0.5) is 0 Å². The zero-order valence-corrected chi connectivity index (χ0v) is 10.4. The standard InChI is InChI=1S/C10H17NO4S/c1-4-5-16(13,14)11-6-8(2)9(7-11)10(12)15-3/h4,8-9H,1,5-7H2,2-3H3. The molecular formula is C10H17NO4S. The van der Waals surface area contributed by atoms with E-state index >= 15 is 0 Å². The number of esters is 1. The maximum atomic E-state index is 11.7. The number of rotatable bonds is 4. The zero-order valence-electron chi connectivity index (χ0n) is 9.55. The van der Waals surface area contributed by atoms with Gasteiger partial charge in [0.25, 0.3) is 0 Å². The lowest BCUT2D eigenvalue weighted by molar-refractivity contribution is -0.145. The van der Waals surface area contributed by atoms with E-state index in [1.54, 1.807) is 0 Å². The number of methoxy groups -OCH3 is 1. The van der Waals surface area contributed by atoms with Crippen molar-refractivity contribution in [3.05, 3.63) is 12.7 Å². The Morgan fingerprint density at radius 3 is 2.69 bits per heavy atom. The fourth-order valence-corrected chi connectivity index (χ4v) is 3.22. The molecule has 0 aromatic rings. The van der Waals surface area contributed by atoms with Gasteiger partial charge in [-0.05, 0) is 5.92 Å². The van der Waals surface area contributed by atoms with Crippen molar-refractivity contribution >= 4 is 16.0 Å². The molecule has 2 unspecified atom stereocenters. The van der Waals surface area contributed by atoms with Crippen molar-refractivity contribution in [3.63, 3.8) is 0 Å². The third-order valence-corrected chi connectivity index (χ3v) is 4.55. The maximum absolute atomic E-state index is 11.7. The smallest absolute Gasteiger partial charge is 0.310 e. The Balaban J connectivity index is 2.77. The molecule has 1 heterocycles. The van der Waals surface area contributed by atoms with Gasteiger partial charge in [0.15, 0.2) is 0 Å². The summed E-state index contributed by atoms with van der Waals surface area (Å²) < 4.78 is 29.5. The van der Waals surface area contributed by atoms with Gasteiger partial charge in [-0.15, -0.1) is 6.58 Å². The van der Waals surface area contributed by atoms with Gasteiger partial charge >= 0.3 is 5.97 Å². The van der Waals surface area contributed by atoms with E-state index in [2.05, 4.69) is 11.3 Å². The van der Waals surface area contributed by atoms with Crippen molar-refractivity contribution in [2.45, 2.75) is 6.92 Å². The third kappa shape index (κ3) is 2.62. The average molecular weight is 247 g/mol. The molecule has 1 aliphatic heterocycles. The van der Waals surface area contributed by atoms with Crippen LogP contribution in [0.5, 0.6) is 0 Å². The first-order chi connectivity index (χ1) is 7.42. The van der Waals surface area contributed by atoms with Crippen LogP contribution in [-0.4, -0.2) is 44.6 Å². The van der Waals surface area contributed by atoms with E-state index in [1.165, 1.54) is 17.5 Å². The molecule has 0 aromatic carbocycles. The van der Waals surface area contributed by atoms with E-state index in [-0.39, 0.29) is 30.1 Å². The SMILES string of the molecule is C=CCS(=O)(=O)N1CC(C)C(C(=O)OC)C1. The first-order valence-corrected chi connectivity index (χ1v) is 6.70. The van der Waals surface area contributed by atoms with Crippen LogP contribution in [0.25, 0.3) is 0 Å². The van der Waals surface area contributed by atoms with E-state index in [4.69, 9.17) is 0 Å². The van der Waals surface area contributed by atoms with Crippen LogP contribution in [0.15, 0.2) is 12.7 Å². The van der Waals surface area contributed by atoms with Crippen LogP contribution in [0.3, 0.4) is 0 Å². The van der Waals surface area contributed by atoms with Gasteiger partial charge in [-0.25, -0.2) is 12.7 Å². The summed E-state index contributed by atoms with van der Waals surface area (Å²) in [5.74, 6) is -0.798. The third-order valence-electron chi connectivity index (χ3n) is 2.80. The quantitative estimate of drug-likeness (QED) is 0.527. The number of nitrogens with zero attached hydrogens (tertiary/aromatic N) is 1. The Kier molecular flexibility index (Phi) is 4.09. The maximum Gasteiger partial charge on any atom is 0.310 e. The van der Waals surface area contributed by atoms with Gasteiger partial charge < -0.3 is 4.74 Å². The zero-order chi connectivity index (χ0) is 12.3. The molecule has 16 heavy (non-hydrogen) atoms. The lowest BCUT2D eigenvalue weighted by Crippen LogP contribution is -2.31. The molecule has 0 saturated carbocycles. The van der Waals surface area contributed by atoms with Gasteiger partial charge in [-0.3, -0.25) is 4.79 Å². The fraction of sp³-hybridized carbons (Fsp3) is 0.700. The molecule has 2 atom stereocenters. The van der Waals surface area contributed by atoms with Gasteiger partial charge in [0.05, 0.1) is 18.8 Å². The van der Waals surface area contributed by atoms with Crippen LogP contribution in [0, 0.1) is 11.8 Å². The van der Waals surface area contributed by atoms with E-state index in [0.29, 0.717) is 6.54 Å². The Hall–Kier alpha value is -0.880. The fourth-order valence-electron chi connectivity index (χ4n) is 1.86. The number of hydrogen-bond donors (Lipinski definition) is 0. The first-order valence-electron chi connectivity index (χ1n) is 5.09. The highest BCUT2D eigenvalue weighted by Gasteiger charge is 2.40. The number of sulfonamides is 1. The Bertz CT molecular complexity index is 376. The number of hydrogen-bond acceptors (Lipinski definition) is 4. The Morgan fingerprint density at radius 2 is 2.19 bits per heavy atom. The minimum Gasteiger partial charge on any atom is -0.469 e. The Labute approximate surface area is 96.1 Å². The molecule has 1 saturated heterocycles. The molecule has 0 radical (unpaired) electrons.